The predicted molar refractivity (Wildman–Crippen MR) is 58.2 cm³/mol. The third-order valence-electron chi connectivity index (χ3n) is 1.11. The zero-order valence-corrected chi connectivity index (χ0v) is 9.97. The van der Waals surface area contributed by atoms with Crippen molar-refractivity contribution in [2.75, 3.05) is 38.7 Å². The van der Waals surface area contributed by atoms with E-state index in [9.17, 15) is 13.2 Å². The number of ether oxygens (including phenoxy) is 2. The van der Waals surface area contributed by atoms with E-state index in [-0.39, 0.29) is 0 Å². The Bertz CT molecular complexity index is 184. The van der Waals surface area contributed by atoms with Gasteiger partial charge in [0.1, 0.15) is 0 Å². The van der Waals surface area contributed by atoms with Gasteiger partial charge in [0.15, 0.2) is 0 Å². The molecular formula is C8H16F3NO4S. The third-order valence-corrected chi connectivity index (χ3v) is 1.29. The molecular weight excluding hydrogens is 263 g/mol. The number of thiol groups is 1. The second-order valence-corrected chi connectivity index (χ2v) is 2.99. The number of rotatable bonds is 7. The Morgan fingerprint density at radius 2 is 1.59 bits per heavy atom. The highest BCUT2D eigenvalue weighted by Crippen LogP contribution is 2.13. The Labute approximate surface area is 102 Å². The molecule has 9 heteroatoms. The number of hydrogen-bond donors (Lipinski definition) is 3. The molecule has 0 aromatic heterocycles. The highest BCUT2D eigenvalue weighted by atomic mass is 32.1. The van der Waals surface area contributed by atoms with Gasteiger partial charge in [0.25, 0.3) is 0 Å². The Hall–Kier alpha value is -0.510. The van der Waals surface area contributed by atoms with Gasteiger partial charge in [-0.15, -0.1) is 0 Å². The molecule has 0 aliphatic carbocycles. The van der Waals surface area contributed by atoms with E-state index in [1.54, 1.807) is 0 Å². The molecule has 0 aliphatic rings. The molecule has 5 nitrogen and oxygen atoms in total. The van der Waals surface area contributed by atoms with Crippen LogP contribution in [0.4, 0.5) is 13.2 Å². The molecule has 0 saturated carbocycles. The molecule has 0 radical (unpaired) electrons. The molecule has 0 spiro atoms. The van der Waals surface area contributed by atoms with Crippen LogP contribution in [0.1, 0.15) is 0 Å². The first-order valence-electron chi connectivity index (χ1n) is 4.62. The smallest absolute Gasteiger partial charge is 0.475 e. The van der Waals surface area contributed by atoms with Crippen molar-refractivity contribution >= 4 is 18.6 Å². The topological polar surface area (TPSA) is 81.8 Å². The summed E-state index contributed by atoms with van der Waals surface area (Å²) in [7, 11) is 0. The molecule has 0 aromatic carbocycles. The van der Waals surface area contributed by atoms with Crippen molar-refractivity contribution in [3.8, 4) is 0 Å². The number of carbonyl (C=O) groups is 1. The van der Waals surface area contributed by atoms with E-state index in [4.69, 9.17) is 25.1 Å². The summed E-state index contributed by atoms with van der Waals surface area (Å²) in [5.41, 5.74) is 5.19. The first-order chi connectivity index (χ1) is 7.86. The van der Waals surface area contributed by atoms with Crippen molar-refractivity contribution in [3.63, 3.8) is 0 Å². The van der Waals surface area contributed by atoms with Crippen LogP contribution in [0.25, 0.3) is 0 Å². The zero-order chi connectivity index (χ0) is 13.7. The van der Waals surface area contributed by atoms with Gasteiger partial charge in [-0.05, 0) is 0 Å². The summed E-state index contributed by atoms with van der Waals surface area (Å²) in [5.74, 6) is -2.00. The summed E-state index contributed by atoms with van der Waals surface area (Å²) >= 11 is 3.98. The van der Waals surface area contributed by atoms with Gasteiger partial charge in [-0.3, -0.25) is 0 Å². The molecule has 0 amide bonds. The standard InChI is InChI=1S/C6H15NO2S.C2HF3O2/c7-1-2-8-3-4-9-5-6-10;3-2(4,5)1(6)7/h10H,1-7H2;(H,6,7). The lowest BCUT2D eigenvalue weighted by Crippen LogP contribution is -2.21. The fourth-order valence-corrected chi connectivity index (χ4v) is 0.599. The van der Waals surface area contributed by atoms with E-state index in [2.05, 4.69) is 12.6 Å². The molecule has 0 unspecified atom stereocenters. The van der Waals surface area contributed by atoms with Crippen molar-refractivity contribution < 1.29 is 32.5 Å². The van der Waals surface area contributed by atoms with Gasteiger partial charge < -0.3 is 20.3 Å². The number of halogens is 3. The number of carboxylic acids is 1. The molecule has 0 aromatic rings. The normalized spacial score (nSPS) is 10.6. The van der Waals surface area contributed by atoms with Crippen LogP contribution < -0.4 is 5.73 Å². The molecule has 104 valence electrons. The van der Waals surface area contributed by atoms with Crippen molar-refractivity contribution in [2.45, 2.75) is 6.18 Å². The summed E-state index contributed by atoms with van der Waals surface area (Å²) < 4.78 is 41.9. The summed E-state index contributed by atoms with van der Waals surface area (Å²) in [4.78, 5) is 8.90. The molecule has 17 heavy (non-hydrogen) atoms. The minimum atomic E-state index is -5.08. The number of carboxylic acid groups (broad SMARTS) is 1. The van der Waals surface area contributed by atoms with E-state index in [0.29, 0.717) is 33.0 Å². The molecule has 3 N–H and O–H groups in total. The van der Waals surface area contributed by atoms with E-state index < -0.39 is 12.1 Å². The van der Waals surface area contributed by atoms with E-state index in [1.165, 1.54) is 0 Å². The number of aliphatic carboxylic acids is 1. The van der Waals surface area contributed by atoms with Crippen molar-refractivity contribution in [1.82, 2.24) is 0 Å². The number of hydrogen-bond acceptors (Lipinski definition) is 5. The van der Waals surface area contributed by atoms with Crippen LogP contribution in [0, 0.1) is 0 Å². The second kappa shape index (κ2) is 12.0. The Morgan fingerprint density at radius 1 is 1.18 bits per heavy atom. The summed E-state index contributed by atoms with van der Waals surface area (Å²) in [6.07, 6.45) is -5.08. The van der Waals surface area contributed by atoms with Crippen LogP contribution in [0.15, 0.2) is 0 Å². The fraction of sp³-hybridized carbons (Fsp3) is 0.875. The van der Waals surface area contributed by atoms with Gasteiger partial charge in [0, 0.05) is 12.3 Å². The fourth-order valence-electron chi connectivity index (χ4n) is 0.470. The lowest BCUT2D eigenvalue weighted by atomic mass is 10.7. The maximum Gasteiger partial charge on any atom is 0.490 e. The minimum absolute atomic E-state index is 0.576. The average molecular weight is 279 g/mol. The van der Waals surface area contributed by atoms with Crippen molar-refractivity contribution in [1.29, 1.82) is 0 Å². The van der Waals surface area contributed by atoms with Crippen LogP contribution in [0.3, 0.4) is 0 Å². The van der Waals surface area contributed by atoms with Crippen LogP contribution in [0.5, 0.6) is 0 Å². The third kappa shape index (κ3) is 18.1. The molecule has 0 fully saturated rings. The van der Waals surface area contributed by atoms with Gasteiger partial charge in [0.2, 0.25) is 0 Å². The Kier molecular flexibility index (Phi) is 13.3. The van der Waals surface area contributed by atoms with Crippen LogP contribution in [0.2, 0.25) is 0 Å². The van der Waals surface area contributed by atoms with Crippen LogP contribution in [-0.2, 0) is 14.3 Å². The van der Waals surface area contributed by atoms with E-state index in [1.807, 2.05) is 0 Å². The average Bonchev–Trinajstić information content (AvgIpc) is 2.23. The quantitative estimate of drug-likeness (QED) is 0.468. The van der Waals surface area contributed by atoms with Crippen molar-refractivity contribution in [2.24, 2.45) is 5.73 Å². The molecule has 0 bridgehead atoms. The molecule has 0 aliphatic heterocycles. The van der Waals surface area contributed by atoms with Gasteiger partial charge in [-0.25, -0.2) is 4.79 Å². The van der Waals surface area contributed by atoms with Crippen molar-refractivity contribution in [3.05, 3.63) is 0 Å². The summed E-state index contributed by atoms with van der Waals surface area (Å²) in [6.45, 7) is 3.15. The monoisotopic (exact) mass is 279 g/mol. The van der Waals surface area contributed by atoms with Gasteiger partial charge in [-0.1, -0.05) is 0 Å². The molecule has 0 heterocycles. The molecule has 0 saturated heterocycles. The highest BCUT2D eigenvalue weighted by molar-refractivity contribution is 7.80. The lowest BCUT2D eigenvalue weighted by molar-refractivity contribution is -0.192. The second-order valence-electron chi connectivity index (χ2n) is 2.54. The van der Waals surface area contributed by atoms with Crippen LogP contribution >= 0.6 is 12.6 Å². The van der Waals surface area contributed by atoms with Crippen LogP contribution in [-0.4, -0.2) is 56.0 Å². The van der Waals surface area contributed by atoms with E-state index in [0.717, 1.165) is 5.75 Å². The van der Waals surface area contributed by atoms with Gasteiger partial charge >= 0.3 is 12.1 Å². The first-order valence-corrected chi connectivity index (χ1v) is 5.26. The van der Waals surface area contributed by atoms with Gasteiger partial charge in [0.05, 0.1) is 26.4 Å². The summed E-state index contributed by atoms with van der Waals surface area (Å²) in [6, 6.07) is 0. The summed E-state index contributed by atoms with van der Waals surface area (Å²) in [5, 5.41) is 7.12. The molecule has 0 atom stereocenters. The number of nitrogens with two attached hydrogens (primary N) is 1. The van der Waals surface area contributed by atoms with Gasteiger partial charge in [-0.2, -0.15) is 25.8 Å². The Morgan fingerprint density at radius 3 is 1.88 bits per heavy atom. The highest BCUT2D eigenvalue weighted by Gasteiger charge is 2.38. The zero-order valence-electron chi connectivity index (χ0n) is 9.07. The number of alkyl halides is 3. The first kappa shape index (κ1) is 18.8. The lowest BCUT2D eigenvalue weighted by Gasteiger charge is -2.02. The predicted octanol–water partition coefficient (Wildman–Crippen LogP) is 0.541. The largest absolute Gasteiger partial charge is 0.490 e. The maximum absolute atomic E-state index is 10.6. The SMILES string of the molecule is NCCOCCOCCS.O=C(O)C(F)(F)F. The minimum Gasteiger partial charge on any atom is -0.475 e. The maximum atomic E-state index is 10.6. The van der Waals surface area contributed by atoms with E-state index >= 15 is 0 Å². The Balaban J connectivity index is 0. The molecule has 0 rings (SSSR count).